The molecule has 0 radical (unpaired) electrons. The van der Waals surface area contributed by atoms with Gasteiger partial charge in [-0.05, 0) is 19.1 Å². The van der Waals surface area contributed by atoms with Crippen molar-refractivity contribution in [1.82, 2.24) is 0 Å². The minimum absolute atomic E-state index is 0.239. The van der Waals surface area contributed by atoms with Crippen molar-refractivity contribution in [3.63, 3.8) is 0 Å². The molecule has 0 saturated carbocycles. The first kappa shape index (κ1) is 15.8. The third kappa shape index (κ3) is 4.12. The van der Waals surface area contributed by atoms with Gasteiger partial charge in [0.05, 0.1) is 11.4 Å². The quantitative estimate of drug-likeness (QED) is 0.367. The topological polar surface area (TPSA) is 26.3 Å². The first-order valence-electron chi connectivity index (χ1n) is 6.14. The van der Waals surface area contributed by atoms with Gasteiger partial charge in [-0.3, -0.25) is 0 Å². The van der Waals surface area contributed by atoms with Gasteiger partial charge >= 0.3 is 5.97 Å². The lowest BCUT2D eigenvalue weighted by molar-refractivity contribution is 0.0334. The van der Waals surface area contributed by atoms with Crippen LogP contribution in [0.3, 0.4) is 0 Å². The molecule has 19 heavy (non-hydrogen) atoms. The average molecular weight is 295 g/mol. The maximum atomic E-state index is 12.2. The summed E-state index contributed by atoms with van der Waals surface area (Å²) in [6.45, 7) is 8.23. The lowest BCUT2D eigenvalue weighted by atomic mass is 10.2. The van der Waals surface area contributed by atoms with E-state index in [0.717, 1.165) is 0 Å². The van der Waals surface area contributed by atoms with Crippen molar-refractivity contribution in [2.24, 2.45) is 0 Å². The van der Waals surface area contributed by atoms with Crippen molar-refractivity contribution in [3.05, 3.63) is 35.9 Å². The van der Waals surface area contributed by atoms with E-state index in [2.05, 4.69) is 31.5 Å². The SMILES string of the molecule is CC(C#CCCl)(OC(=O)c1ccccc1)[Si](C)(C)C. The van der Waals surface area contributed by atoms with Gasteiger partial charge in [-0.25, -0.2) is 4.79 Å². The first-order valence-corrected chi connectivity index (χ1v) is 10.2. The number of alkyl halides is 1. The molecule has 0 heterocycles. The molecule has 0 aliphatic rings. The third-order valence-corrected chi connectivity index (χ3v) is 6.35. The van der Waals surface area contributed by atoms with Crippen molar-refractivity contribution in [2.75, 3.05) is 5.88 Å². The van der Waals surface area contributed by atoms with Gasteiger partial charge in [0.15, 0.2) is 5.22 Å². The number of benzene rings is 1. The molecule has 0 aliphatic carbocycles. The van der Waals surface area contributed by atoms with Crippen LogP contribution in [-0.4, -0.2) is 25.1 Å². The summed E-state index contributed by atoms with van der Waals surface area (Å²) in [6.07, 6.45) is 0. The van der Waals surface area contributed by atoms with Crippen LogP contribution in [0, 0.1) is 11.8 Å². The van der Waals surface area contributed by atoms with Crippen molar-refractivity contribution in [3.8, 4) is 11.8 Å². The number of halogens is 1. The zero-order valence-corrected chi connectivity index (χ0v) is 13.5. The number of rotatable bonds is 3. The first-order chi connectivity index (χ1) is 8.80. The second-order valence-electron chi connectivity index (χ2n) is 5.47. The summed E-state index contributed by atoms with van der Waals surface area (Å²) in [7, 11) is -1.82. The molecule has 0 aromatic heterocycles. The van der Waals surface area contributed by atoms with E-state index in [-0.39, 0.29) is 11.8 Å². The van der Waals surface area contributed by atoms with Crippen LogP contribution in [0.25, 0.3) is 0 Å². The number of carbonyl (C=O) groups excluding carboxylic acids is 1. The van der Waals surface area contributed by atoms with Gasteiger partial charge in [0.1, 0.15) is 8.07 Å². The third-order valence-electron chi connectivity index (χ3n) is 3.13. The van der Waals surface area contributed by atoms with Gasteiger partial charge in [-0.15, -0.1) is 11.6 Å². The van der Waals surface area contributed by atoms with Crippen LogP contribution >= 0.6 is 11.6 Å². The fourth-order valence-corrected chi connectivity index (χ4v) is 2.32. The van der Waals surface area contributed by atoms with Crippen molar-refractivity contribution in [2.45, 2.75) is 31.8 Å². The van der Waals surface area contributed by atoms with Crippen LogP contribution in [0.4, 0.5) is 0 Å². The molecule has 102 valence electrons. The monoisotopic (exact) mass is 294 g/mol. The Labute approximate surface area is 121 Å². The second kappa shape index (κ2) is 6.27. The fraction of sp³-hybridized carbons (Fsp3) is 0.400. The number of esters is 1. The summed E-state index contributed by atoms with van der Waals surface area (Å²) in [5.41, 5.74) is 0.541. The molecule has 0 amide bonds. The summed E-state index contributed by atoms with van der Waals surface area (Å²) in [5.74, 6) is 5.75. The summed E-state index contributed by atoms with van der Waals surface area (Å²) in [5, 5.41) is -0.741. The van der Waals surface area contributed by atoms with Crippen LogP contribution in [0.1, 0.15) is 17.3 Å². The Morgan fingerprint density at radius 2 is 1.89 bits per heavy atom. The smallest absolute Gasteiger partial charge is 0.339 e. The van der Waals surface area contributed by atoms with E-state index in [1.807, 2.05) is 25.1 Å². The Balaban J connectivity index is 3.00. The number of hydrogen-bond acceptors (Lipinski definition) is 2. The highest BCUT2D eigenvalue weighted by Gasteiger charge is 2.41. The van der Waals surface area contributed by atoms with Gasteiger partial charge in [-0.1, -0.05) is 49.7 Å². The molecule has 0 spiro atoms. The molecule has 1 aromatic carbocycles. The molecular formula is C15H19ClO2Si. The lowest BCUT2D eigenvalue weighted by Gasteiger charge is -2.35. The zero-order chi connectivity index (χ0) is 14.5. The van der Waals surface area contributed by atoms with Gasteiger partial charge in [0, 0.05) is 0 Å². The summed E-state index contributed by atoms with van der Waals surface area (Å²) >= 11 is 5.61. The normalized spacial score (nSPS) is 13.9. The van der Waals surface area contributed by atoms with E-state index >= 15 is 0 Å². The van der Waals surface area contributed by atoms with E-state index in [1.165, 1.54) is 0 Å². The van der Waals surface area contributed by atoms with Crippen molar-refractivity contribution < 1.29 is 9.53 Å². The predicted octanol–water partition coefficient (Wildman–Crippen LogP) is 3.72. The lowest BCUT2D eigenvalue weighted by Crippen LogP contribution is -2.52. The Bertz CT molecular complexity index is 496. The standard InChI is InChI=1S/C15H19ClO2Si/c1-15(11-8-12-16,19(2,3)4)18-14(17)13-9-6-5-7-10-13/h5-7,9-10H,12H2,1-4H3. The molecule has 1 aromatic rings. The van der Waals surface area contributed by atoms with E-state index < -0.39 is 13.3 Å². The van der Waals surface area contributed by atoms with E-state index in [9.17, 15) is 4.79 Å². The van der Waals surface area contributed by atoms with Crippen LogP contribution in [0.15, 0.2) is 30.3 Å². The highest BCUT2D eigenvalue weighted by atomic mass is 35.5. The Morgan fingerprint density at radius 3 is 2.37 bits per heavy atom. The van der Waals surface area contributed by atoms with Crippen LogP contribution < -0.4 is 0 Å². The zero-order valence-electron chi connectivity index (χ0n) is 11.8. The van der Waals surface area contributed by atoms with E-state index in [0.29, 0.717) is 5.56 Å². The number of ether oxygens (including phenoxy) is 1. The Hall–Kier alpha value is -1.24. The highest BCUT2D eigenvalue weighted by Crippen LogP contribution is 2.25. The minimum atomic E-state index is -1.82. The molecule has 1 atom stereocenters. The van der Waals surface area contributed by atoms with E-state index in [4.69, 9.17) is 16.3 Å². The number of hydrogen-bond donors (Lipinski definition) is 0. The van der Waals surface area contributed by atoms with Crippen molar-refractivity contribution in [1.29, 1.82) is 0 Å². The van der Waals surface area contributed by atoms with Gasteiger partial charge in [0.2, 0.25) is 0 Å². The van der Waals surface area contributed by atoms with Gasteiger partial charge in [0.25, 0.3) is 0 Å². The summed E-state index contributed by atoms with van der Waals surface area (Å²) in [4.78, 5) is 12.2. The maximum absolute atomic E-state index is 12.2. The molecule has 1 rings (SSSR count). The maximum Gasteiger partial charge on any atom is 0.339 e. The number of carbonyl (C=O) groups is 1. The van der Waals surface area contributed by atoms with E-state index in [1.54, 1.807) is 12.1 Å². The molecule has 1 unspecified atom stereocenters. The molecular weight excluding hydrogens is 276 g/mol. The Morgan fingerprint density at radius 1 is 1.32 bits per heavy atom. The summed E-state index contributed by atoms with van der Waals surface area (Å²) in [6, 6.07) is 8.96. The molecule has 0 saturated heterocycles. The second-order valence-corrected chi connectivity index (χ2v) is 11.2. The Kier molecular flexibility index (Phi) is 5.22. The van der Waals surface area contributed by atoms with Gasteiger partial charge in [-0.2, -0.15) is 0 Å². The van der Waals surface area contributed by atoms with Crippen LogP contribution in [-0.2, 0) is 4.74 Å². The van der Waals surface area contributed by atoms with Crippen LogP contribution in [0.5, 0.6) is 0 Å². The molecule has 2 nitrogen and oxygen atoms in total. The van der Waals surface area contributed by atoms with Gasteiger partial charge < -0.3 is 4.74 Å². The molecule has 4 heteroatoms. The molecule has 0 fully saturated rings. The predicted molar refractivity (Wildman–Crippen MR) is 82.1 cm³/mol. The van der Waals surface area contributed by atoms with Crippen LogP contribution in [0.2, 0.25) is 19.6 Å². The molecule has 0 bridgehead atoms. The average Bonchev–Trinajstić information content (AvgIpc) is 2.36. The fourth-order valence-electron chi connectivity index (χ4n) is 1.39. The minimum Gasteiger partial charge on any atom is -0.447 e. The van der Waals surface area contributed by atoms with Crippen molar-refractivity contribution >= 4 is 25.6 Å². The molecule has 0 N–H and O–H groups in total. The largest absolute Gasteiger partial charge is 0.447 e. The highest BCUT2D eigenvalue weighted by molar-refractivity contribution is 6.79. The molecule has 0 aliphatic heterocycles. The summed E-state index contributed by atoms with van der Waals surface area (Å²) < 4.78 is 5.68.